The van der Waals surface area contributed by atoms with Gasteiger partial charge in [0.25, 0.3) is 0 Å². The summed E-state index contributed by atoms with van der Waals surface area (Å²) in [4.78, 5) is 4.50. The predicted molar refractivity (Wildman–Crippen MR) is 75.0 cm³/mol. The van der Waals surface area contributed by atoms with Crippen LogP contribution in [0.1, 0.15) is 25.5 Å². The molecule has 7 nitrogen and oxygen atoms in total. The lowest BCUT2D eigenvalue weighted by Crippen LogP contribution is -2.44. The van der Waals surface area contributed by atoms with Crippen LogP contribution in [-0.4, -0.2) is 47.0 Å². The van der Waals surface area contributed by atoms with Gasteiger partial charge in [-0.2, -0.15) is 0 Å². The fourth-order valence-corrected chi connectivity index (χ4v) is 1.58. The average Bonchev–Trinajstić information content (AvgIpc) is 2.68. The molecule has 0 amide bonds. The van der Waals surface area contributed by atoms with Crippen molar-refractivity contribution in [1.82, 2.24) is 25.4 Å². The van der Waals surface area contributed by atoms with Crippen LogP contribution in [0.15, 0.2) is 4.99 Å². The van der Waals surface area contributed by atoms with E-state index in [4.69, 9.17) is 4.74 Å². The quantitative estimate of drug-likeness (QED) is 0.570. The maximum Gasteiger partial charge on any atom is 0.191 e. The maximum absolute atomic E-state index is 5.10. The Hall–Kier alpha value is -1.63. The summed E-state index contributed by atoms with van der Waals surface area (Å²) in [7, 11) is 3.62. The summed E-state index contributed by atoms with van der Waals surface area (Å²) in [6.07, 6.45) is 0. The van der Waals surface area contributed by atoms with Crippen LogP contribution in [0.5, 0.6) is 0 Å². The highest BCUT2D eigenvalue weighted by Gasteiger charge is 2.07. The number of guanidine groups is 1. The minimum Gasteiger partial charge on any atom is -0.383 e. The molecule has 2 N–H and O–H groups in total. The summed E-state index contributed by atoms with van der Waals surface area (Å²) < 4.78 is 7.03. The van der Waals surface area contributed by atoms with Crippen molar-refractivity contribution in [3.05, 3.63) is 11.6 Å². The van der Waals surface area contributed by atoms with Crippen LogP contribution in [0.3, 0.4) is 0 Å². The summed E-state index contributed by atoms with van der Waals surface area (Å²) in [6.45, 7) is 7.93. The molecule has 0 saturated heterocycles. The van der Waals surface area contributed by atoms with Crippen molar-refractivity contribution in [1.29, 1.82) is 0 Å². The Labute approximate surface area is 114 Å². The molecule has 1 rings (SSSR count). The molecule has 19 heavy (non-hydrogen) atoms. The molecule has 1 unspecified atom stereocenters. The Morgan fingerprint density at radius 3 is 2.74 bits per heavy atom. The molecule has 0 bridgehead atoms. The van der Waals surface area contributed by atoms with Gasteiger partial charge in [0.1, 0.15) is 12.4 Å². The second kappa shape index (κ2) is 7.73. The van der Waals surface area contributed by atoms with Crippen LogP contribution < -0.4 is 10.6 Å². The van der Waals surface area contributed by atoms with Crippen molar-refractivity contribution >= 4 is 5.96 Å². The Morgan fingerprint density at radius 1 is 1.47 bits per heavy atom. The summed E-state index contributed by atoms with van der Waals surface area (Å²) >= 11 is 0. The number of ether oxygens (including phenoxy) is 1. The van der Waals surface area contributed by atoms with Crippen LogP contribution in [0.2, 0.25) is 0 Å². The molecular weight excluding hydrogens is 244 g/mol. The van der Waals surface area contributed by atoms with E-state index in [1.54, 1.807) is 7.11 Å². The summed E-state index contributed by atoms with van der Waals surface area (Å²) in [6, 6.07) is 0.198. The number of nitrogens with zero attached hydrogens (tertiary/aromatic N) is 4. The predicted octanol–water partition coefficient (Wildman–Crippen LogP) is 0.214. The first-order valence-corrected chi connectivity index (χ1v) is 6.47. The van der Waals surface area contributed by atoms with Gasteiger partial charge in [0.15, 0.2) is 11.8 Å². The van der Waals surface area contributed by atoms with E-state index in [1.807, 2.05) is 32.4 Å². The van der Waals surface area contributed by atoms with Crippen molar-refractivity contribution < 1.29 is 4.74 Å². The smallest absolute Gasteiger partial charge is 0.191 e. The minimum atomic E-state index is 0.198. The van der Waals surface area contributed by atoms with Gasteiger partial charge in [-0.1, -0.05) is 0 Å². The van der Waals surface area contributed by atoms with Gasteiger partial charge in [-0.05, 0) is 20.8 Å². The molecule has 0 saturated carbocycles. The van der Waals surface area contributed by atoms with Gasteiger partial charge in [0, 0.05) is 26.7 Å². The minimum absolute atomic E-state index is 0.198. The highest BCUT2D eigenvalue weighted by Crippen LogP contribution is 1.99. The normalized spacial score (nSPS) is 13.4. The van der Waals surface area contributed by atoms with Crippen LogP contribution in [0.4, 0.5) is 0 Å². The maximum atomic E-state index is 5.10. The second-order valence-corrected chi connectivity index (χ2v) is 4.42. The number of aliphatic imine (C=N–C) groups is 1. The molecule has 0 fully saturated rings. The molecule has 1 heterocycles. The van der Waals surface area contributed by atoms with Gasteiger partial charge in [-0.15, -0.1) is 10.2 Å². The fourth-order valence-electron chi connectivity index (χ4n) is 1.58. The first kappa shape index (κ1) is 15.4. The highest BCUT2D eigenvalue weighted by atomic mass is 16.5. The van der Waals surface area contributed by atoms with E-state index in [2.05, 4.69) is 25.8 Å². The van der Waals surface area contributed by atoms with Gasteiger partial charge in [-0.3, -0.25) is 0 Å². The standard InChI is InChI=1S/C12H24N6O/c1-6-13-12(15-9(2)8-19-5)14-7-11-17-16-10(3)18(11)4/h9H,6-8H2,1-5H3,(H2,13,14,15). The highest BCUT2D eigenvalue weighted by molar-refractivity contribution is 5.79. The molecule has 1 atom stereocenters. The molecule has 7 heteroatoms. The summed E-state index contributed by atoms with van der Waals surface area (Å²) in [5.74, 6) is 2.48. The zero-order valence-corrected chi connectivity index (χ0v) is 12.4. The lowest BCUT2D eigenvalue weighted by atomic mass is 10.4. The van der Waals surface area contributed by atoms with Crippen molar-refractivity contribution in [3.63, 3.8) is 0 Å². The average molecular weight is 268 g/mol. The van der Waals surface area contributed by atoms with Crippen LogP contribution in [0, 0.1) is 6.92 Å². The molecule has 1 aromatic heterocycles. The van der Waals surface area contributed by atoms with E-state index in [0.29, 0.717) is 13.2 Å². The number of rotatable bonds is 6. The van der Waals surface area contributed by atoms with E-state index in [9.17, 15) is 0 Å². The van der Waals surface area contributed by atoms with Crippen molar-refractivity contribution in [2.45, 2.75) is 33.4 Å². The van der Waals surface area contributed by atoms with E-state index in [1.165, 1.54) is 0 Å². The number of aryl methyl sites for hydroxylation is 1. The van der Waals surface area contributed by atoms with Crippen molar-refractivity contribution in [2.75, 3.05) is 20.3 Å². The number of hydrogen-bond acceptors (Lipinski definition) is 4. The molecular formula is C12H24N6O. The lowest BCUT2D eigenvalue weighted by molar-refractivity contribution is 0.179. The third-order valence-electron chi connectivity index (χ3n) is 2.71. The van der Waals surface area contributed by atoms with Gasteiger partial charge in [-0.25, -0.2) is 4.99 Å². The van der Waals surface area contributed by atoms with E-state index < -0.39 is 0 Å². The Kier molecular flexibility index (Phi) is 6.27. The first-order valence-electron chi connectivity index (χ1n) is 6.47. The molecule has 0 aliphatic rings. The summed E-state index contributed by atoms with van der Waals surface area (Å²) in [5.41, 5.74) is 0. The van der Waals surface area contributed by atoms with E-state index in [0.717, 1.165) is 24.2 Å². The molecule has 0 aliphatic heterocycles. The fraction of sp³-hybridized carbons (Fsp3) is 0.750. The molecule has 0 radical (unpaired) electrons. The molecule has 1 aromatic rings. The van der Waals surface area contributed by atoms with Gasteiger partial charge >= 0.3 is 0 Å². The number of aromatic nitrogens is 3. The molecule has 0 aromatic carbocycles. The molecule has 108 valence electrons. The zero-order valence-electron chi connectivity index (χ0n) is 12.4. The largest absolute Gasteiger partial charge is 0.383 e. The van der Waals surface area contributed by atoms with E-state index >= 15 is 0 Å². The Bertz CT molecular complexity index is 414. The zero-order chi connectivity index (χ0) is 14.3. The van der Waals surface area contributed by atoms with Crippen molar-refractivity contribution in [2.24, 2.45) is 12.0 Å². The number of nitrogens with one attached hydrogen (secondary N) is 2. The second-order valence-electron chi connectivity index (χ2n) is 4.42. The number of hydrogen-bond donors (Lipinski definition) is 2. The van der Waals surface area contributed by atoms with Crippen LogP contribution in [-0.2, 0) is 18.3 Å². The number of methoxy groups -OCH3 is 1. The lowest BCUT2D eigenvalue weighted by Gasteiger charge is -2.16. The Morgan fingerprint density at radius 2 is 2.21 bits per heavy atom. The monoisotopic (exact) mass is 268 g/mol. The SMILES string of the molecule is CCNC(=NCc1nnc(C)n1C)NC(C)COC. The molecule has 0 spiro atoms. The van der Waals surface area contributed by atoms with Crippen LogP contribution >= 0.6 is 0 Å². The third kappa shape index (κ3) is 4.86. The van der Waals surface area contributed by atoms with Crippen LogP contribution in [0.25, 0.3) is 0 Å². The summed E-state index contributed by atoms with van der Waals surface area (Å²) in [5, 5.41) is 14.6. The van der Waals surface area contributed by atoms with Gasteiger partial charge < -0.3 is 19.9 Å². The molecule has 0 aliphatic carbocycles. The first-order chi connectivity index (χ1) is 9.08. The third-order valence-corrected chi connectivity index (χ3v) is 2.71. The van der Waals surface area contributed by atoms with Gasteiger partial charge in [0.2, 0.25) is 0 Å². The van der Waals surface area contributed by atoms with E-state index in [-0.39, 0.29) is 6.04 Å². The topological polar surface area (TPSA) is 76.4 Å². The Balaban J connectivity index is 2.64. The van der Waals surface area contributed by atoms with Crippen molar-refractivity contribution in [3.8, 4) is 0 Å². The van der Waals surface area contributed by atoms with Gasteiger partial charge in [0.05, 0.1) is 6.61 Å².